The number of rotatable bonds is 5. The van der Waals surface area contributed by atoms with Crippen molar-refractivity contribution in [3.05, 3.63) is 48.0 Å². The maximum absolute atomic E-state index is 13.0. The van der Waals surface area contributed by atoms with Gasteiger partial charge in [0, 0.05) is 43.6 Å². The predicted octanol–water partition coefficient (Wildman–Crippen LogP) is 2.97. The van der Waals surface area contributed by atoms with Gasteiger partial charge in [0.25, 0.3) is 5.91 Å². The lowest BCUT2D eigenvalue weighted by Gasteiger charge is -2.39. The summed E-state index contributed by atoms with van der Waals surface area (Å²) in [6, 6.07) is 6.52. The van der Waals surface area contributed by atoms with E-state index in [4.69, 9.17) is 4.74 Å². The molecule has 0 unspecified atom stereocenters. The number of hydrogen-bond acceptors (Lipinski definition) is 6. The Morgan fingerprint density at radius 3 is 3.03 bits per heavy atom. The minimum Gasteiger partial charge on any atom is -0.493 e. The molecule has 1 N–H and O–H groups in total. The van der Waals surface area contributed by atoms with E-state index in [1.165, 1.54) is 19.4 Å². The number of aromatic nitrogens is 3. The first kappa shape index (κ1) is 19.8. The molecule has 2 aliphatic rings. The number of piperazine rings is 1. The summed E-state index contributed by atoms with van der Waals surface area (Å²) in [6.45, 7) is 8.71. The number of anilines is 2. The number of carbonyl (C=O) groups is 1. The summed E-state index contributed by atoms with van der Waals surface area (Å²) in [5.74, 6) is 0.837. The Kier molecular flexibility index (Phi) is 5.23. The lowest BCUT2D eigenvalue weighted by molar-refractivity contribution is 0.102. The molecule has 2 aliphatic heterocycles. The zero-order valence-electron chi connectivity index (χ0n) is 18.0. The second-order valence-electron chi connectivity index (χ2n) is 8.27. The fourth-order valence-corrected chi connectivity index (χ4v) is 4.67. The highest BCUT2D eigenvalue weighted by Crippen LogP contribution is 2.30. The number of benzene rings is 1. The van der Waals surface area contributed by atoms with Gasteiger partial charge in [0.05, 0.1) is 30.3 Å². The highest BCUT2D eigenvalue weighted by Gasteiger charge is 2.31. The van der Waals surface area contributed by atoms with Gasteiger partial charge in [-0.2, -0.15) is 0 Å². The molecule has 0 spiro atoms. The number of amides is 1. The highest BCUT2D eigenvalue weighted by molar-refractivity contribution is 6.06. The summed E-state index contributed by atoms with van der Waals surface area (Å²) in [5, 5.41) is 2.89. The first-order chi connectivity index (χ1) is 15.1. The molecule has 4 heterocycles. The fourth-order valence-electron chi connectivity index (χ4n) is 4.67. The smallest absolute Gasteiger partial charge is 0.260 e. The van der Waals surface area contributed by atoms with Crippen molar-refractivity contribution in [1.29, 1.82) is 0 Å². The standard InChI is InChI=1S/C23H28N6O2/c1-3-31-20-11-17(28-10-9-27-8-4-5-18(27)14-28)6-7-19(20)23(30)26-21-15-29-13-16(2)25-22(29)12-24-21/h6-7,11-13,15,18H,3-5,8-10,14H2,1-2H3,(H,26,30)/t18-/m1/s1. The number of nitrogens with zero attached hydrogens (tertiary/aromatic N) is 5. The molecule has 8 nitrogen and oxygen atoms in total. The molecule has 0 radical (unpaired) electrons. The maximum atomic E-state index is 13.0. The van der Waals surface area contributed by atoms with Gasteiger partial charge in [-0.3, -0.25) is 9.69 Å². The van der Waals surface area contributed by atoms with Gasteiger partial charge in [-0.05, 0) is 45.4 Å². The first-order valence-electron chi connectivity index (χ1n) is 11.0. The minimum absolute atomic E-state index is 0.237. The topological polar surface area (TPSA) is 75.0 Å². The van der Waals surface area contributed by atoms with Gasteiger partial charge in [-0.15, -0.1) is 0 Å². The van der Waals surface area contributed by atoms with Crippen LogP contribution in [0.15, 0.2) is 36.8 Å². The van der Waals surface area contributed by atoms with Crippen LogP contribution in [-0.2, 0) is 0 Å². The third-order valence-corrected chi connectivity index (χ3v) is 6.17. The van der Waals surface area contributed by atoms with Crippen LogP contribution in [0.3, 0.4) is 0 Å². The molecular weight excluding hydrogens is 392 g/mol. The number of nitrogens with one attached hydrogen (secondary N) is 1. The van der Waals surface area contributed by atoms with Crippen LogP contribution in [-0.4, -0.2) is 64.0 Å². The van der Waals surface area contributed by atoms with Crippen molar-refractivity contribution in [1.82, 2.24) is 19.3 Å². The van der Waals surface area contributed by atoms with Gasteiger partial charge < -0.3 is 19.4 Å². The Bertz CT molecular complexity index is 1110. The number of aryl methyl sites for hydroxylation is 1. The lowest BCUT2D eigenvalue weighted by Crippen LogP contribution is -2.50. The van der Waals surface area contributed by atoms with Gasteiger partial charge >= 0.3 is 0 Å². The molecule has 2 aromatic heterocycles. The summed E-state index contributed by atoms with van der Waals surface area (Å²) in [4.78, 5) is 26.7. The van der Waals surface area contributed by atoms with E-state index in [0.717, 1.165) is 36.7 Å². The third-order valence-electron chi connectivity index (χ3n) is 6.17. The van der Waals surface area contributed by atoms with E-state index in [-0.39, 0.29) is 5.91 Å². The van der Waals surface area contributed by atoms with Crippen LogP contribution in [0, 0.1) is 6.92 Å². The molecule has 1 atom stereocenters. The quantitative estimate of drug-likeness (QED) is 0.684. The van der Waals surface area contributed by atoms with E-state index in [0.29, 0.717) is 29.8 Å². The number of fused-ring (bicyclic) bond motifs is 2. The summed E-state index contributed by atoms with van der Waals surface area (Å²) in [5.41, 5.74) is 3.27. The molecule has 0 saturated carbocycles. The van der Waals surface area contributed by atoms with Gasteiger partial charge in [0.15, 0.2) is 5.65 Å². The molecule has 0 aliphatic carbocycles. The van der Waals surface area contributed by atoms with Crippen LogP contribution >= 0.6 is 0 Å². The fraction of sp³-hybridized carbons (Fsp3) is 0.435. The Morgan fingerprint density at radius 1 is 1.26 bits per heavy atom. The molecule has 2 fully saturated rings. The minimum atomic E-state index is -0.237. The van der Waals surface area contributed by atoms with Crippen molar-refractivity contribution < 1.29 is 9.53 Å². The van der Waals surface area contributed by atoms with Crippen molar-refractivity contribution in [3.63, 3.8) is 0 Å². The molecule has 1 amide bonds. The maximum Gasteiger partial charge on any atom is 0.260 e. The Balaban J connectivity index is 1.36. The monoisotopic (exact) mass is 420 g/mol. The second kappa shape index (κ2) is 8.19. The average Bonchev–Trinajstić information content (AvgIpc) is 3.38. The van der Waals surface area contributed by atoms with Crippen LogP contribution < -0.4 is 15.0 Å². The molecule has 2 saturated heterocycles. The average molecular weight is 421 g/mol. The largest absolute Gasteiger partial charge is 0.493 e. The third kappa shape index (κ3) is 3.95. The van der Waals surface area contributed by atoms with Crippen LogP contribution in [0.5, 0.6) is 5.75 Å². The van der Waals surface area contributed by atoms with Gasteiger partial charge in [0.1, 0.15) is 11.6 Å². The second-order valence-corrected chi connectivity index (χ2v) is 8.27. The molecule has 0 bridgehead atoms. The number of imidazole rings is 1. The molecule has 3 aromatic rings. The van der Waals surface area contributed by atoms with E-state index < -0.39 is 0 Å². The van der Waals surface area contributed by atoms with Crippen molar-refractivity contribution in [2.24, 2.45) is 0 Å². The van der Waals surface area contributed by atoms with Gasteiger partial charge in [0.2, 0.25) is 0 Å². The van der Waals surface area contributed by atoms with Crippen molar-refractivity contribution in [2.75, 3.05) is 43.0 Å². The van der Waals surface area contributed by atoms with E-state index >= 15 is 0 Å². The highest BCUT2D eigenvalue weighted by atomic mass is 16.5. The number of carbonyl (C=O) groups excluding carboxylic acids is 1. The van der Waals surface area contributed by atoms with E-state index in [1.54, 1.807) is 12.4 Å². The van der Waals surface area contributed by atoms with Crippen molar-refractivity contribution in [2.45, 2.75) is 32.7 Å². The van der Waals surface area contributed by atoms with Crippen molar-refractivity contribution >= 4 is 23.1 Å². The van der Waals surface area contributed by atoms with Crippen LogP contribution in [0.25, 0.3) is 5.65 Å². The Morgan fingerprint density at radius 2 is 2.16 bits per heavy atom. The predicted molar refractivity (Wildman–Crippen MR) is 120 cm³/mol. The summed E-state index contributed by atoms with van der Waals surface area (Å²) in [6.07, 6.45) is 7.88. The SMILES string of the molecule is CCOc1cc(N2CCN3CCC[C@@H]3C2)ccc1C(=O)Nc1cn2cc(C)nc2cn1. The summed E-state index contributed by atoms with van der Waals surface area (Å²) in [7, 11) is 0. The molecule has 8 heteroatoms. The van der Waals surface area contributed by atoms with Gasteiger partial charge in [-0.25, -0.2) is 9.97 Å². The van der Waals surface area contributed by atoms with E-state index in [1.807, 2.05) is 42.6 Å². The first-order valence-corrected chi connectivity index (χ1v) is 11.0. The van der Waals surface area contributed by atoms with E-state index in [9.17, 15) is 4.79 Å². The molecule has 162 valence electrons. The van der Waals surface area contributed by atoms with Crippen molar-refractivity contribution in [3.8, 4) is 5.75 Å². The molecule has 5 rings (SSSR count). The summed E-state index contributed by atoms with van der Waals surface area (Å²) >= 11 is 0. The van der Waals surface area contributed by atoms with Crippen LogP contribution in [0.2, 0.25) is 0 Å². The molecule has 31 heavy (non-hydrogen) atoms. The summed E-state index contributed by atoms with van der Waals surface area (Å²) < 4.78 is 7.71. The molecular formula is C23H28N6O2. The number of ether oxygens (including phenoxy) is 1. The number of hydrogen-bond donors (Lipinski definition) is 1. The molecule has 1 aromatic carbocycles. The van der Waals surface area contributed by atoms with Gasteiger partial charge in [-0.1, -0.05) is 0 Å². The Hall–Kier alpha value is -3.13. The van der Waals surface area contributed by atoms with Crippen LogP contribution in [0.4, 0.5) is 11.5 Å². The Labute approximate surface area is 181 Å². The zero-order valence-corrected chi connectivity index (χ0v) is 18.0. The normalized spacial score (nSPS) is 18.9. The van der Waals surface area contributed by atoms with E-state index in [2.05, 4.69) is 25.1 Å². The lowest BCUT2D eigenvalue weighted by atomic mass is 10.1. The van der Waals surface area contributed by atoms with Crippen LogP contribution in [0.1, 0.15) is 35.8 Å². The zero-order chi connectivity index (χ0) is 21.4.